The third-order valence-corrected chi connectivity index (χ3v) is 3.91. The average Bonchev–Trinajstić information content (AvgIpc) is 2.94. The minimum absolute atomic E-state index is 0.289. The van der Waals surface area contributed by atoms with Gasteiger partial charge in [0.1, 0.15) is 0 Å². The van der Waals surface area contributed by atoms with Crippen LogP contribution in [0.2, 0.25) is 10.0 Å². The number of anilines is 1. The highest BCUT2D eigenvalue weighted by Gasteiger charge is 2.14. The Labute approximate surface area is 143 Å². The first-order valence-corrected chi connectivity index (χ1v) is 7.64. The first-order valence-electron chi connectivity index (χ1n) is 6.89. The predicted octanol–water partition coefficient (Wildman–Crippen LogP) is 4.65. The van der Waals surface area contributed by atoms with Crippen molar-refractivity contribution in [2.45, 2.75) is 0 Å². The van der Waals surface area contributed by atoms with Gasteiger partial charge in [0.2, 0.25) is 0 Å². The SMILES string of the molecule is Cn1cc(-c2ccccc2NC(=O)c2ccc(Cl)cc2Cl)cn1. The molecule has 23 heavy (non-hydrogen) atoms. The summed E-state index contributed by atoms with van der Waals surface area (Å²) < 4.78 is 1.71. The molecular formula is C17H13Cl2N3O. The van der Waals surface area contributed by atoms with Gasteiger partial charge in [-0.25, -0.2) is 0 Å². The molecule has 0 saturated carbocycles. The molecule has 0 aliphatic carbocycles. The normalized spacial score (nSPS) is 10.6. The molecule has 1 amide bonds. The molecule has 4 nitrogen and oxygen atoms in total. The molecule has 0 atom stereocenters. The lowest BCUT2D eigenvalue weighted by Crippen LogP contribution is -2.13. The van der Waals surface area contributed by atoms with E-state index in [9.17, 15) is 4.79 Å². The monoisotopic (exact) mass is 345 g/mol. The number of amides is 1. The van der Waals surface area contributed by atoms with E-state index in [4.69, 9.17) is 23.2 Å². The van der Waals surface area contributed by atoms with Crippen LogP contribution in [0.25, 0.3) is 11.1 Å². The van der Waals surface area contributed by atoms with Gasteiger partial charge >= 0.3 is 0 Å². The molecule has 2 aromatic carbocycles. The summed E-state index contributed by atoms with van der Waals surface area (Å²) in [6.45, 7) is 0. The highest BCUT2D eigenvalue weighted by atomic mass is 35.5. The number of aromatic nitrogens is 2. The molecule has 0 aliphatic heterocycles. The predicted molar refractivity (Wildman–Crippen MR) is 93.1 cm³/mol. The van der Waals surface area contributed by atoms with Crippen LogP contribution < -0.4 is 5.32 Å². The van der Waals surface area contributed by atoms with Crippen molar-refractivity contribution in [3.63, 3.8) is 0 Å². The number of nitrogens with one attached hydrogen (secondary N) is 1. The van der Waals surface area contributed by atoms with E-state index in [1.165, 1.54) is 0 Å². The number of aryl methyl sites for hydroxylation is 1. The fraction of sp³-hybridized carbons (Fsp3) is 0.0588. The quantitative estimate of drug-likeness (QED) is 0.751. The number of nitrogens with zero attached hydrogens (tertiary/aromatic N) is 2. The number of halogens is 2. The number of para-hydroxylation sites is 1. The molecule has 0 radical (unpaired) electrons. The van der Waals surface area contributed by atoms with E-state index in [2.05, 4.69) is 10.4 Å². The molecule has 3 aromatic rings. The van der Waals surface area contributed by atoms with Crippen LogP contribution in [-0.4, -0.2) is 15.7 Å². The summed E-state index contributed by atoms with van der Waals surface area (Å²) in [6, 6.07) is 12.3. The smallest absolute Gasteiger partial charge is 0.257 e. The van der Waals surface area contributed by atoms with Gasteiger partial charge in [-0.05, 0) is 24.3 Å². The van der Waals surface area contributed by atoms with E-state index in [0.717, 1.165) is 11.1 Å². The fourth-order valence-corrected chi connectivity index (χ4v) is 2.76. The second-order valence-electron chi connectivity index (χ2n) is 5.03. The average molecular weight is 346 g/mol. The number of rotatable bonds is 3. The van der Waals surface area contributed by atoms with E-state index >= 15 is 0 Å². The van der Waals surface area contributed by atoms with Gasteiger partial charge in [0.25, 0.3) is 5.91 Å². The third-order valence-electron chi connectivity index (χ3n) is 3.37. The Kier molecular flexibility index (Phi) is 4.37. The van der Waals surface area contributed by atoms with Crippen molar-refractivity contribution in [3.8, 4) is 11.1 Å². The Morgan fingerprint density at radius 2 is 1.96 bits per heavy atom. The van der Waals surface area contributed by atoms with Crippen LogP contribution in [0.5, 0.6) is 0 Å². The molecule has 1 aromatic heterocycles. The van der Waals surface area contributed by atoms with Crippen LogP contribution in [0, 0.1) is 0 Å². The summed E-state index contributed by atoms with van der Waals surface area (Å²) in [5, 5.41) is 7.86. The molecule has 0 bridgehead atoms. The first kappa shape index (κ1) is 15.6. The number of hydrogen-bond donors (Lipinski definition) is 1. The standard InChI is InChI=1S/C17H13Cl2N3O/c1-22-10-11(9-20-22)13-4-2-3-5-16(13)21-17(23)14-7-6-12(18)8-15(14)19/h2-10H,1H3,(H,21,23). The van der Waals surface area contributed by atoms with Gasteiger partial charge in [0.15, 0.2) is 0 Å². The lowest BCUT2D eigenvalue weighted by atomic mass is 10.1. The van der Waals surface area contributed by atoms with E-state index in [1.807, 2.05) is 37.5 Å². The number of benzene rings is 2. The first-order chi connectivity index (χ1) is 11.0. The van der Waals surface area contributed by atoms with Gasteiger partial charge in [-0.2, -0.15) is 5.10 Å². The van der Waals surface area contributed by atoms with Gasteiger partial charge in [0.05, 0.1) is 16.8 Å². The summed E-state index contributed by atoms with van der Waals surface area (Å²) in [5.41, 5.74) is 2.87. The van der Waals surface area contributed by atoms with Crippen LogP contribution in [-0.2, 0) is 7.05 Å². The number of carbonyl (C=O) groups is 1. The molecule has 6 heteroatoms. The Balaban J connectivity index is 1.93. The zero-order valence-electron chi connectivity index (χ0n) is 12.3. The summed E-state index contributed by atoms with van der Waals surface area (Å²) in [4.78, 5) is 12.5. The van der Waals surface area contributed by atoms with E-state index in [1.54, 1.807) is 29.1 Å². The highest BCUT2D eigenvalue weighted by Crippen LogP contribution is 2.28. The Bertz CT molecular complexity index is 874. The van der Waals surface area contributed by atoms with E-state index in [-0.39, 0.29) is 5.91 Å². The lowest BCUT2D eigenvalue weighted by Gasteiger charge is -2.11. The molecule has 0 aliphatic rings. The van der Waals surface area contributed by atoms with Crippen LogP contribution >= 0.6 is 23.2 Å². The van der Waals surface area contributed by atoms with Gasteiger partial charge in [-0.1, -0.05) is 41.4 Å². The second-order valence-corrected chi connectivity index (χ2v) is 5.87. The molecule has 116 valence electrons. The molecule has 1 N–H and O–H groups in total. The molecule has 0 fully saturated rings. The maximum atomic E-state index is 12.5. The van der Waals surface area contributed by atoms with Crippen molar-refractivity contribution < 1.29 is 4.79 Å². The Hall–Kier alpha value is -2.30. The molecule has 3 rings (SSSR count). The summed E-state index contributed by atoms with van der Waals surface area (Å²) in [6.07, 6.45) is 3.64. The lowest BCUT2D eigenvalue weighted by molar-refractivity contribution is 0.102. The topological polar surface area (TPSA) is 46.9 Å². The largest absolute Gasteiger partial charge is 0.321 e. The van der Waals surface area contributed by atoms with Crippen molar-refractivity contribution in [1.29, 1.82) is 0 Å². The van der Waals surface area contributed by atoms with E-state index < -0.39 is 0 Å². The summed E-state index contributed by atoms with van der Waals surface area (Å²) in [5.74, 6) is -0.289. The van der Waals surface area contributed by atoms with Gasteiger partial charge in [-0.3, -0.25) is 9.48 Å². The molecule has 0 unspecified atom stereocenters. The van der Waals surface area contributed by atoms with Crippen LogP contribution in [0.4, 0.5) is 5.69 Å². The van der Waals surface area contributed by atoms with Crippen LogP contribution in [0.1, 0.15) is 10.4 Å². The second kappa shape index (κ2) is 6.44. The number of carbonyl (C=O) groups excluding carboxylic acids is 1. The number of hydrogen-bond acceptors (Lipinski definition) is 2. The molecule has 1 heterocycles. The minimum Gasteiger partial charge on any atom is -0.321 e. The third kappa shape index (κ3) is 3.38. The van der Waals surface area contributed by atoms with Crippen molar-refractivity contribution in [1.82, 2.24) is 9.78 Å². The summed E-state index contributed by atoms with van der Waals surface area (Å²) in [7, 11) is 1.85. The zero-order chi connectivity index (χ0) is 16.4. The Morgan fingerprint density at radius 1 is 1.17 bits per heavy atom. The van der Waals surface area contributed by atoms with Crippen molar-refractivity contribution in [3.05, 3.63) is 70.5 Å². The van der Waals surface area contributed by atoms with Gasteiger partial charge < -0.3 is 5.32 Å². The van der Waals surface area contributed by atoms with Crippen LogP contribution in [0.3, 0.4) is 0 Å². The van der Waals surface area contributed by atoms with Crippen molar-refractivity contribution >= 4 is 34.8 Å². The maximum Gasteiger partial charge on any atom is 0.257 e. The molecule has 0 saturated heterocycles. The molecule has 0 spiro atoms. The van der Waals surface area contributed by atoms with Crippen molar-refractivity contribution in [2.75, 3.05) is 5.32 Å². The zero-order valence-corrected chi connectivity index (χ0v) is 13.8. The highest BCUT2D eigenvalue weighted by molar-refractivity contribution is 6.37. The van der Waals surface area contributed by atoms with Crippen molar-refractivity contribution in [2.24, 2.45) is 7.05 Å². The van der Waals surface area contributed by atoms with Gasteiger partial charge in [0, 0.05) is 35.1 Å². The Morgan fingerprint density at radius 3 is 2.65 bits per heavy atom. The maximum absolute atomic E-state index is 12.5. The van der Waals surface area contributed by atoms with Gasteiger partial charge in [-0.15, -0.1) is 0 Å². The van der Waals surface area contributed by atoms with E-state index in [0.29, 0.717) is 21.3 Å². The minimum atomic E-state index is -0.289. The molecular weight excluding hydrogens is 333 g/mol. The summed E-state index contributed by atoms with van der Waals surface area (Å²) >= 11 is 12.0. The van der Waals surface area contributed by atoms with Crippen LogP contribution in [0.15, 0.2) is 54.9 Å². The fourth-order valence-electron chi connectivity index (χ4n) is 2.27.